The monoisotopic (exact) mass is 117 g/mol. The standard InChI is InChI=1S/2CHO2.Al/c2*2-1-3;/h2*(H,2,3);/q;;+1. The Labute approximate surface area is 45.5 Å². The molecule has 36 valence electrons. The fraction of sp³-hybridized carbons (Fsp3) is 0. The van der Waals surface area contributed by atoms with Crippen molar-refractivity contribution in [3.8, 4) is 0 Å². The predicted molar refractivity (Wildman–Crippen MR) is 21.8 cm³/mol. The SMILES string of the molecule is O=[C](O)[Al+][C](=O)O. The number of carboxylic acid groups (broad SMARTS) is 2. The molecule has 7 heavy (non-hydrogen) atoms. The van der Waals surface area contributed by atoms with E-state index in [1.807, 2.05) is 0 Å². The molecule has 0 heterocycles. The molecule has 0 spiro atoms. The Morgan fingerprint density at radius 1 is 1.14 bits per heavy atom. The molecule has 0 bridgehead atoms. The molecule has 0 atom stereocenters. The number of carbonyl (C=O) groups is 2. The van der Waals surface area contributed by atoms with Gasteiger partial charge in [0.15, 0.2) is 0 Å². The van der Waals surface area contributed by atoms with Gasteiger partial charge < -0.3 is 0 Å². The first-order valence-corrected chi connectivity index (χ1v) is 2.59. The van der Waals surface area contributed by atoms with E-state index in [0.29, 0.717) is 0 Å². The Morgan fingerprint density at radius 3 is 1.43 bits per heavy atom. The van der Waals surface area contributed by atoms with E-state index in [2.05, 4.69) is 0 Å². The fourth-order valence-electron chi connectivity index (χ4n) is 0.106. The van der Waals surface area contributed by atoms with Gasteiger partial charge in [-0.2, -0.15) is 0 Å². The second kappa shape index (κ2) is 2.61. The summed E-state index contributed by atoms with van der Waals surface area (Å²) in [6.45, 7) is 0. The van der Waals surface area contributed by atoms with Crippen molar-refractivity contribution in [2.75, 3.05) is 0 Å². The third-order valence-electron chi connectivity index (χ3n) is 0.247. The van der Waals surface area contributed by atoms with Gasteiger partial charge in [0.2, 0.25) is 0 Å². The van der Waals surface area contributed by atoms with Crippen LogP contribution in [0.3, 0.4) is 0 Å². The van der Waals surface area contributed by atoms with Crippen molar-refractivity contribution in [2.24, 2.45) is 0 Å². The second-order valence-corrected chi connectivity index (χ2v) is 2.10. The van der Waals surface area contributed by atoms with Crippen LogP contribution in [-0.4, -0.2) is 35.1 Å². The Hall–Kier alpha value is -0.528. The molecule has 0 rings (SSSR count). The van der Waals surface area contributed by atoms with Crippen molar-refractivity contribution in [1.29, 1.82) is 0 Å². The van der Waals surface area contributed by atoms with Gasteiger partial charge in [-0.1, -0.05) is 0 Å². The van der Waals surface area contributed by atoms with E-state index in [9.17, 15) is 9.59 Å². The molecule has 0 aromatic heterocycles. The molecule has 5 heteroatoms. The van der Waals surface area contributed by atoms with Crippen molar-refractivity contribution in [2.45, 2.75) is 0 Å². The van der Waals surface area contributed by atoms with Gasteiger partial charge in [0.05, 0.1) is 0 Å². The van der Waals surface area contributed by atoms with Crippen LogP contribution in [0.4, 0.5) is 9.59 Å². The normalized spacial score (nSPS) is 6.86. The average Bonchev–Trinajstić information content (AvgIpc) is 1.27. The third kappa shape index (κ3) is 5.47. The van der Waals surface area contributed by atoms with Crippen LogP contribution >= 0.6 is 0 Å². The van der Waals surface area contributed by atoms with Crippen LogP contribution in [0.1, 0.15) is 0 Å². The maximum atomic E-state index is 9.47. The fourth-order valence-corrected chi connectivity index (χ4v) is 0.317. The van der Waals surface area contributed by atoms with Gasteiger partial charge in [0.25, 0.3) is 0 Å². The molecule has 0 unspecified atom stereocenters. The van der Waals surface area contributed by atoms with Crippen molar-refractivity contribution < 1.29 is 19.8 Å². The zero-order chi connectivity index (χ0) is 5.86. The Balaban J connectivity index is 3.32. The van der Waals surface area contributed by atoms with E-state index in [1.165, 1.54) is 0 Å². The van der Waals surface area contributed by atoms with Crippen molar-refractivity contribution in [3.63, 3.8) is 0 Å². The number of hydrogen-bond acceptors (Lipinski definition) is 2. The van der Waals surface area contributed by atoms with Gasteiger partial charge in [-0.05, 0) is 0 Å². The molecule has 0 radical (unpaired) electrons. The molecular weight excluding hydrogens is 115 g/mol. The van der Waals surface area contributed by atoms with Gasteiger partial charge in [0.1, 0.15) is 0 Å². The maximum absolute atomic E-state index is 9.47. The first-order chi connectivity index (χ1) is 3.13. The van der Waals surface area contributed by atoms with Gasteiger partial charge in [-0.15, -0.1) is 0 Å². The van der Waals surface area contributed by atoms with Crippen LogP contribution < -0.4 is 0 Å². The zero-order valence-corrected chi connectivity index (χ0v) is 4.44. The topological polar surface area (TPSA) is 74.6 Å². The van der Waals surface area contributed by atoms with Gasteiger partial charge in [-0.3, -0.25) is 0 Å². The quantitative estimate of drug-likeness (QED) is 0.501. The van der Waals surface area contributed by atoms with Crippen molar-refractivity contribution >= 4 is 24.9 Å². The minimum atomic E-state index is -1.45. The van der Waals surface area contributed by atoms with E-state index in [0.717, 1.165) is 0 Å². The summed E-state index contributed by atoms with van der Waals surface area (Å²) in [5.74, 6) is 0. The van der Waals surface area contributed by atoms with Crippen molar-refractivity contribution in [1.82, 2.24) is 0 Å². The molecule has 0 amide bonds. The van der Waals surface area contributed by atoms with Gasteiger partial charge >= 0.3 is 44.7 Å². The van der Waals surface area contributed by atoms with Crippen LogP contribution in [0.25, 0.3) is 0 Å². The summed E-state index contributed by atoms with van der Waals surface area (Å²) in [6.07, 6.45) is 0. The molecule has 0 aliphatic carbocycles. The number of hydrogen-bond donors (Lipinski definition) is 2. The van der Waals surface area contributed by atoms with E-state index >= 15 is 0 Å². The van der Waals surface area contributed by atoms with E-state index in [-0.39, 0.29) is 0 Å². The molecule has 0 aromatic carbocycles. The molecular formula is C2H2AlO4+. The van der Waals surface area contributed by atoms with Crippen LogP contribution in [0.5, 0.6) is 0 Å². The summed E-state index contributed by atoms with van der Waals surface area (Å²) in [5, 5.41) is 15.5. The Kier molecular flexibility index (Phi) is 2.42. The Morgan fingerprint density at radius 2 is 1.43 bits per heavy atom. The molecule has 0 aromatic rings. The van der Waals surface area contributed by atoms with Crippen LogP contribution in [0, 0.1) is 0 Å². The molecule has 0 saturated heterocycles. The minimum absolute atomic E-state index is 1.23. The van der Waals surface area contributed by atoms with Gasteiger partial charge in [-0.25, -0.2) is 0 Å². The van der Waals surface area contributed by atoms with Crippen LogP contribution in [0.15, 0.2) is 0 Å². The van der Waals surface area contributed by atoms with Crippen molar-refractivity contribution in [3.05, 3.63) is 0 Å². The molecule has 0 aliphatic rings. The second-order valence-electron chi connectivity index (χ2n) is 0.821. The molecule has 0 saturated carbocycles. The van der Waals surface area contributed by atoms with E-state index in [4.69, 9.17) is 10.2 Å². The third-order valence-corrected chi connectivity index (χ3v) is 0.741. The molecule has 2 N–H and O–H groups in total. The predicted octanol–water partition coefficient (Wildman–Crippen LogP) is 0.0466. The first-order valence-electron chi connectivity index (χ1n) is 1.43. The first kappa shape index (κ1) is 6.47. The zero-order valence-electron chi connectivity index (χ0n) is 3.29. The summed E-state index contributed by atoms with van der Waals surface area (Å²) < 4.78 is 0. The van der Waals surface area contributed by atoms with Gasteiger partial charge in [0, 0.05) is 0 Å². The molecule has 0 aliphatic heterocycles. The molecule has 0 fully saturated rings. The summed E-state index contributed by atoms with van der Waals surface area (Å²) >= 11 is -1.45. The summed E-state index contributed by atoms with van der Waals surface area (Å²) in [5.41, 5.74) is 0. The molecule has 4 nitrogen and oxygen atoms in total. The summed E-state index contributed by atoms with van der Waals surface area (Å²) in [6, 6.07) is 0. The van der Waals surface area contributed by atoms with E-state index in [1.54, 1.807) is 0 Å². The summed E-state index contributed by atoms with van der Waals surface area (Å²) in [4.78, 5) is 16.5. The van der Waals surface area contributed by atoms with Crippen LogP contribution in [0.2, 0.25) is 0 Å². The average molecular weight is 117 g/mol. The Bertz CT molecular complexity index is 85.9. The number of rotatable bonds is 2. The summed E-state index contributed by atoms with van der Waals surface area (Å²) in [7, 11) is 0. The van der Waals surface area contributed by atoms with E-state index < -0.39 is 24.9 Å². The van der Waals surface area contributed by atoms with Crippen LogP contribution in [-0.2, 0) is 0 Å².